The van der Waals surface area contributed by atoms with E-state index in [-0.39, 0.29) is 11.7 Å². The maximum atomic E-state index is 13.0. The van der Waals surface area contributed by atoms with Crippen LogP contribution in [0.15, 0.2) is 95.4 Å². The second-order valence-corrected chi connectivity index (χ2v) is 9.83. The van der Waals surface area contributed by atoms with E-state index in [1.165, 1.54) is 0 Å². The molecule has 35 heavy (non-hydrogen) atoms. The van der Waals surface area contributed by atoms with Crippen LogP contribution in [0.25, 0.3) is 22.6 Å². The number of carbonyl (C=O) groups is 2. The Morgan fingerprint density at radius 1 is 0.800 bits per heavy atom. The molecule has 5 aromatic rings. The monoisotopic (exact) mass is 686 g/mol. The number of rotatable bonds is 5. The van der Waals surface area contributed by atoms with Gasteiger partial charge in [0.25, 0.3) is 5.91 Å². The summed E-state index contributed by atoms with van der Waals surface area (Å²) in [5.41, 5.74) is 3.26. The Morgan fingerprint density at radius 3 is 2.17 bits per heavy atom. The Kier molecular flexibility index (Phi) is 6.82. The van der Waals surface area contributed by atoms with Crippen molar-refractivity contribution in [1.29, 1.82) is 0 Å². The number of benzene rings is 4. The molecule has 5 rings (SSSR count). The van der Waals surface area contributed by atoms with Gasteiger partial charge in [-0.25, -0.2) is 9.78 Å². The van der Waals surface area contributed by atoms with Crippen molar-refractivity contribution < 1.29 is 18.7 Å². The molecule has 0 bridgehead atoms. The molecule has 8 heteroatoms. The predicted octanol–water partition coefficient (Wildman–Crippen LogP) is 7.18. The van der Waals surface area contributed by atoms with Gasteiger partial charge in [-0.2, -0.15) is 0 Å². The summed E-state index contributed by atoms with van der Waals surface area (Å²) in [5, 5.41) is 2.88. The van der Waals surface area contributed by atoms with Gasteiger partial charge in [0.15, 0.2) is 5.58 Å². The van der Waals surface area contributed by atoms with Gasteiger partial charge >= 0.3 is 5.97 Å². The van der Waals surface area contributed by atoms with E-state index < -0.39 is 5.97 Å². The molecule has 4 aromatic carbocycles. The predicted molar refractivity (Wildman–Crippen MR) is 151 cm³/mol. The molecule has 0 radical (unpaired) electrons. The number of oxazole rings is 1. The summed E-state index contributed by atoms with van der Waals surface area (Å²) in [6, 6.07) is 26.9. The van der Waals surface area contributed by atoms with E-state index in [2.05, 4.69) is 55.5 Å². The minimum atomic E-state index is -0.520. The first-order valence-electron chi connectivity index (χ1n) is 10.5. The van der Waals surface area contributed by atoms with Gasteiger partial charge in [0.05, 0.1) is 16.7 Å². The Bertz CT molecular complexity index is 1550. The van der Waals surface area contributed by atoms with Crippen LogP contribution in [-0.2, 0) is 0 Å². The van der Waals surface area contributed by atoms with Gasteiger partial charge in [-0.3, -0.25) is 4.79 Å². The van der Waals surface area contributed by atoms with Crippen LogP contribution in [0.4, 0.5) is 5.69 Å². The highest BCUT2D eigenvalue weighted by molar-refractivity contribution is 14.1. The number of ether oxygens (including phenoxy) is 1. The molecule has 0 aliphatic heterocycles. The zero-order valence-corrected chi connectivity index (χ0v) is 22.3. The van der Waals surface area contributed by atoms with Gasteiger partial charge in [-0.1, -0.05) is 36.4 Å². The van der Waals surface area contributed by atoms with Crippen molar-refractivity contribution in [1.82, 2.24) is 4.98 Å². The van der Waals surface area contributed by atoms with E-state index in [0.717, 1.165) is 7.14 Å². The van der Waals surface area contributed by atoms with Crippen molar-refractivity contribution in [2.45, 2.75) is 0 Å². The van der Waals surface area contributed by atoms with Crippen molar-refractivity contribution in [3.63, 3.8) is 0 Å². The molecule has 0 saturated carbocycles. The summed E-state index contributed by atoms with van der Waals surface area (Å²) in [4.78, 5) is 30.4. The molecule has 0 unspecified atom stereocenters. The first-order chi connectivity index (χ1) is 17.0. The van der Waals surface area contributed by atoms with Gasteiger partial charge in [0, 0.05) is 18.9 Å². The Morgan fingerprint density at radius 2 is 1.46 bits per heavy atom. The average Bonchev–Trinajstić information content (AvgIpc) is 3.28. The van der Waals surface area contributed by atoms with Crippen molar-refractivity contribution in [3.05, 3.63) is 109 Å². The topological polar surface area (TPSA) is 81.4 Å². The molecule has 1 aromatic heterocycles. The number of amides is 1. The number of esters is 1. The van der Waals surface area contributed by atoms with Gasteiger partial charge in [-0.05, 0) is 93.7 Å². The van der Waals surface area contributed by atoms with Crippen molar-refractivity contribution in [2.75, 3.05) is 5.32 Å². The molecule has 0 aliphatic rings. The lowest BCUT2D eigenvalue weighted by atomic mass is 10.1. The molecule has 1 N–H and O–H groups in total. The highest BCUT2D eigenvalue weighted by atomic mass is 127. The SMILES string of the molecule is O=C(Nc1ccc(-c2nc3ccccc3o2)c(OC(=O)c2ccccc2I)c1)c1ccccc1I. The van der Waals surface area contributed by atoms with Crippen LogP contribution in [0, 0.1) is 7.14 Å². The number of hydrogen-bond donors (Lipinski definition) is 1. The van der Waals surface area contributed by atoms with Crippen LogP contribution in [0.2, 0.25) is 0 Å². The van der Waals surface area contributed by atoms with Crippen LogP contribution in [0.5, 0.6) is 5.75 Å². The van der Waals surface area contributed by atoms with E-state index in [1.54, 1.807) is 36.4 Å². The van der Waals surface area contributed by atoms with Crippen LogP contribution in [0.3, 0.4) is 0 Å². The zero-order chi connectivity index (χ0) is 24.4. The lowest BCUT2D eigenvalue weighted by molar-refractivity contribution is 0.0734. The fourth-order valence-electron chi connectivity index (χ4n) is 3.47. The molecule has 0 fully saturated rings. The maximum absolute atomic E-state index is 13.0. The van der Waals surface area contributed by atoms with Crippen molar-refractivity contribution >= 4 is 73.8 Å². The maximum Gasteiger partial charge on any atom is 0.344 e. The number of aromatic nitrogens is 1. The Labute approximate surface area is 228 Å². The molecule has 6 nitrogen and oxygen atoms in total. The summed E-state index contributed by atoms with van der Waals surface area (Å²) in [6.45, 7) is 0. The number of nitrogens with zero attached hydrogens (tertiary/aromatic N) is 1. The Balaban J connectivity index is 1.53. The summed E-state index contributed by atoms with van der Waals surface area (Å²) in [7, 11) is 0. The van der Waals surface area contributed by atoms with E-state index in [1.807, 2.05) is 54.6 Å². The largest absolute Gasteiger partial charge is 0.436 e. The zero-order valence-electron chi connectivity index (χ0n) is 18.0. The van der Waals surface area contributed by atoms with Crippen molar-refractivity contribution in [2.24, 2.45) is 0 Å². The Hall–Kier alpha value is -3.25. The number of carbonyl (C=O) groups excluding carboxylic acids is 2. The minimum absolute atomic E-state index is 0.224. The number of halogens is 2. The molecule has 0 spiro atoms. The number of fused-ring (bicyclic) bond motifs is 1. The van der Waals surface area contributed by atoms with E-state index in [4.69, 9.17) is 9.15 Å². The lowest BCUT2D eigenvalue weighted by Crippen LogP contribution is -2.14. The number of anilines is 1. The molecule has 0 aliphatic carbocycles. The molecule has 0 atom stereocenters. The molecular weight excluding hydrogens is 670 g/mol. The first kappa shape index (κ1) is 23.5. The standard InChI is InChI=1S/C27H16I2N2O4/c28-20-9-3-1-7-17(20)25(32)30-16-13-14-19(26-31-22-11-5-6-12-23(22)34-26)24(15-16)35-27(33)18-8-2-4-10-21(18)29/h1-15H,(H,30,32). The average molecular weight is 686 g/mol. The first-order valence-corrected chi connectivity index (χ1v) is 12.7. The smallest absolute Gasteiger partial charge is 0.344 e. The molecular formula is C27H16I2N2O4. The van der Waals surface area contributed by atoms with E-state index in [0.29, 0.717) is 39.4 Å². The lowest BCUT2D eigenvalue weighted by Gasteiger charge is -2.12. The van der Waals surface area contributed by atoms with Gasteiger partial charge < -0.3 is 14.5 Å². The normalized spacial score (nSPS) is 10.8. The molecule has 1 heterocycles. The summed E-state index contributed by atoms with van der Waals surface area (Å²) < 4.78 is 13.3. The summed E-state index contributed by atoms with van der Waals surface area (Å²) >= 11 is 4.21. The third-order valence-electron chi connectivity index (χ3n) is 5.18. The second-order valence-electron chi connectivity index (χ2n) is 7.50. The van der Waals surface area contributed by atoms with E-state index >= 15 is 0 Å². The minimum Gasteiger partial charge on any atom is -0.436 e. The quantitative estimate of drug-likeness (QED) is 0.121. The van der Waals surface area contributed by atoms with Gasteiger partial charge in [0.1, 0.15) is 11.3 Å². The fourth-order valence-corrected chi connectivity index (χ4v) is 4.71. The third-order valence-corrected chi connectivity index (χ3v) is 7.06. The molecule has 1 amide bonds. The number of nitrogens with one attached hydrogen (secondary N) is 1. The highest BCUT2D eigenvalue weighted by Crippen LogP contribution is 2.35. The number of para-hydroxylation sites is 2. The van der Waals surface area contributed by atoms with Crippen LogP contribution >= 0.6 is 45.2 Å². The molecule has 172 valence electrons. The van der Waals surface area contributed by atoms with Gasteiger partial charge in [0.2, 0.25) is 5.89 Å². The van der Waals surface area contributed by atoms with Crippen LogP contribution < -0.4 is 10.1 Å². The summed E-state index contributed by atoms with van der Waals surface area (Å²) in [5.74, 6) is -0.248. The second kappa shape index (κ2) is 10.2. The summed E-state index contributed by atoms with van der Waals surface area (Å²) in [6.07, 6.45) is 0. The fraction of sp³-hybridized carbons (Fsp3) is 0. The van der Waals surface area contributed by atoms with Crippen LogP contribution in [-0.4, -0.2) is 16.9 Å². The van der Waals surface area contributed by atoms with E-state index in [9.17, 15) is 9.59 Å². The van der Waals surface area contributed by atoms with Crippen LogP contribution in [0.1, 0.15) is 20.7 Å². The van der Waals surface area contributed by atoms with Crippen molar-refractivity contribution in [3.8, 4) is 17.2 Å². The van der Waals surface area contributed by atoms with Gasteiger partial charge in [-0.15, -0.1) is 0 Å². The highest BCUT2D eigenvalue weighted by Gasteiger charge is 2.20. The third kappa shape index (κ3) is 5.08. The molecule has 0 saturated heterocycles. The number of hydrogen-bond acceptors (Lipinski definition) is 5.